The van der Waals surface area contributed by atoms with Crippen LogP contribution in [-0.4, -0.2) is 51.9 Å². The molecule has 0 saturated carbocycles. The largest absolute Gasteiger partial charge is 0.372 e. The molecule has 10 heteroatoms. The second-order valence-corrected chi connectivity index (χ2v) is 9.85. The molecule has 1 N–H and O–H groups in total. The maximum atomic E-state index is 12.8. The fourth-order valence-electron chi connectivity index (χ4n) is 3.86. The van der Waals surface area contributed by atoms with Gasteiger partial charge in [-0.2, -0.15) is 0 Å². The molecule has 0 saturated heterocycles. The molecule has 1 aliphatic heterocycles. The first-order valence-electron chi connectivity index (χ1n) is 11.0. The van der Waals surface area contributed by atoms with E-state index in [0.29, 0.717) is 17.4 Å². The Morgan fingerprint density at radius 3 is 2.62 bits per heavy atom. The Bertz CT molecular complexity index is 1260. The van der Waals surface area contributed by atoms with Gasteiger partial charge in [0.2, 0.25) is 5.91 Å². The lowest BCUT2D eigenvalue weighted by atomic mass is 9.99. The number of nitrogens with zero attached hydrogens (tertiary/aromatic N) is 4. The molecule has 1 amide bonds. The van der Waals surface area contributed by atoms with Gasteiger partial charge in [-0.25, -0.2) is 0 Å². The average molecular weight is 500 g/mol. The van der Waals surface area contributed by atoms with E-state index in [-0.39, 0.29) is 31.3 Å². The van der Waals surface area contributed by atoms with Gasteiger partial charge < -0.3 is 10.1 Å². The first-order valence-corrected chi connectivity index (χ1v) is 12.2. The fourth-order valence-corrected chi connectivity index (χ4v) is 5.20. The van der Waals surface area contributed by atoms with Crippen molar-refractivity contribution < 1.29 is 14.3 Å². The minimum atomic E-state index is -0.524. The van der Waals surface area contributed by atoms with E-state index in [4.69, 9.17) is 21.3 Å². The molecule has 4 rings (SSSR count). The maximum absolute atomic E-state index is 12.8. The van der Waals surface area contributed by atoms with E-state index in [1.165, 1.54) is 11.8 Å². The van der Waals surface area contributed by atoms with Gasteiger partial charge in [-0.15, -0.1) is 21.5 Å². The van der Waals surface area contributed by atoms with E-state index in [2.05, 4.69) is 29.4 Å². The molecule has 3 aromatic rings. The van der Waals surface area contributed by atoms with Crippen LogP contribution >= 0.6 is 22.9 Å². The molecule has 0 radical (unpaired) electrons. The molecule has 0 unspecified atom stereocenters. The molecular weight excluding hydrogens is 474 g/mol. The summed E-state index contributed by atoms with van der Waals surface area (Å²) in [5, 5.41) is 13.2. The highest BCUT2D eigenvalue weighted by Gasteiger charge is 2.32. The summed E-state index contributed by atoms with van der Waals surface area (Å²) in [7, 11) is 0. The lowest BCUT2D eigenvalue weighted by Crippen LogP contribution is -2.29. The minimum Gasteiger partial charge on any atom is -0.372 e. The second-order valence-electron chi connectivity index (χ2n) is 8.21. The third-order valence-electron chi connectivity index (χ3n) is 5.61. The number of Topliss-reactive ketones (excluding diaryl/α,β-unsaturated/α-hetero) is 1. The second kappa shape index (κ2) is 10.2. The van der Waals surface area contributed by atoms with Crippen LogP contribution in [0, 0.1) is 20.8 Å². The van der Waals surface area contributed by atoms with Gasteiger partial charge in [0, 0.05) is 27.6 Å². The Morgan fingerprint density at radius 2 is 1.91 bits per heavy atom. The number of halogens is 1. The van der Waals surface area contributed by atoms with Gasteiger partial charge in [0.05, 0.1) is 18.7 Å². The molecule has 3 heterocycles. The summed E-state index contributed by atoms with van der Waals surface area (Å²) in [6.07, 6.45) is 0.106. The predicted molar refractivity (Wildman–Crippen MR) is 132 cm³/mol. The smallest absolute Gasteiger partial charge is 0.222 e. The summed E-state index contributed by atoms with van der Waals surface area (Å²) in [5.41, 5.74) is 3.89. The number of aryl methyl sites for hydroxylation is 2. The summed E-state index contributed by atoms with van der Waals surface area (Å²) < 4.78 is 7.24. The van der Waals surface area contributed by atoms with Crippen LogP contribution in [0.5, 0.6) is 0 Å². The number of hydrogen-bond donors (Lipinski definition) is 1. The van der Waals surface area contributed by atoms with Crippen LogP contribution in [0.1, 0.15) is 52.6 Å². The summed E-state index contributed by atoms with van der Waals surface area (Å²) in [6, 6.07) is 7.05. The number of thiophene rings is 1. The van der Waals surface area contributed by atoms with Crippen LogP contribution in [0.4, 0.5) is 0 Å². The minimum absolute atomic E-state index is 0.0385. The van der Waals surface area contributed by atoms with Crippen LogP contribution in [-0.2, 0) is 14.3 Å². The highest BCUT2D eigenvalue weighted by Crippen LogP contribution is 2.39. The SMILES string of the molecule is CC(=O)COCCNC(=O)C[C@@H]1N=C(c2ccc(Cl)cc2)c2c(sc(C)c2C)-n2c(C)nnc21. The molecule has 2 aromatic heterocycles. The van der Waals surface area contributed by atoms with E-state index in [0.717, 1.165) is 33.2 Å². The summed E-state index contributed by atoms with van der Waals surface area (Å²) in [5.74, 6) is 1.14. The molecule has 0 bridgehead atoms. The van der Waals surface area contributed by atoms with Gasteiger partial charge in [0.25, 0.3) is 0 Å². The zero-order chi connectivity index (χ0) is 24.4. The van der Waals surface area contributed by atoms with Gasteiger partial charge >= 0.3 is 0 Å². The lowest BCUT2D eigenvalue weighted by Gasteiger charge is -2.13. The zero-order valence-corrected chi connectivity index (χ0v) is 21.1. The van der Waals surface area contributed by atoms with Crippen LogP contribution in [0.3, 0.4) is 0 Å². The Morgan fingerprint density at radius 1 is 1.18 bits per heavy atom. The predicted octanol–water partition coefficient (Wildman–Crippen LogP) is 3.91. The first kappa shape index (κ1) is 24.3. The molecule has 178 valence electrons. The number of aliphatic imine (C=N–C) groups is 1. The van der Waals surface area contributed by atoms with Crippen molar-refractivity contribution in [1.29, 1.82) is 0 Å². The van der Waals surface area contributed by atoms with Crippen LogP contribution in [0.15, 0.2) is 29.3 Å². The number of benzene rings is 1. The molecular formula is C24H26ClN5O3S. The first-order chi connectivity index (χ1) is 16.3. The average Bonchev–Trinajstić information content (AvgIpc) is 3.26. The summed E-state index contributed by atoms with van der Waals surface area (Å²) in [4.78, 5) is 30.0. The molecule has 34 heavy (non-hydrogen) atoms. The zero-order valence-electron chi connectivity index (χ0n) is 19.5. The van der Waals surface area contributed by atoms with Gasteiger partial charge in [0.15, 0.2) is 11.6 Å². The Kier molecular flexibility index (Phi) is 7.25. The topological polar surface area (TPSA) is 98.5 Å². The van der Waals surface area contributed by atoms with E-state index in [1.807, 2.05) is 35.8 Å². The Hall–Kier alpha value is -2.88. The van der Waals surface area contributed by atoms with Crippen LogP contribution in [0.2, 0.25) is 5.02 Å². The molecule has 1 aromatic carbocycles. The monoisotopic (exact) mass is 499 g/mol. The Balaban J connectivity index is 1.69. The van der Waals surface area contributed by atoms with E-state index in [9.17, 15) is 9.59 Å². The molecule has 0 spiro atoms. The van der Waals surface area contributed by atoms with Crippen molar-refractivity contribution in [2.24, 2.45) is 4.99 Å². The van der Waals surface area contributed by atoms with Crippen molar-refractivity contribution in [3.05, 3.63) is 62.5 Å². The van der Waals surface area contributed by atoms with Crippen molar-refractivity contribution in [2.75, 3.05) is 19.8 Å². The van der Waals surface area contributed by atoms with Crippen molar-refractivity contribution in [3.63, 3.8) is 0 Å². The number of nitrogens with one attached hydrogen (secondary N) is 1. The molecule has 1 aliphatic rings. The highest BCUT2D eigenvalue weighted by atomic mass is 35.5. The van der Waals surface area contributed by atoms with Crippen LogP contribution < -0.4 is 5.32 Å². The number of hydrogen-bond acceptors (Lipinski definition) is 7. The number of ketones is 1. The van der Waals surface area contributed by atoms with Crippen molar-refractivity contribution in [1.82, 2.24) is 20.1 Å². The number of fused-ring (bicyclic) bond motifs is 3. The fraction of sp³-hybridized carbons (Fsp3) is 0.375. The highest BCUT2D eigenvalue weighted by molar-refractivity contribution is 7.15. The molecule has 0 aliphatic carbocycles. The van der Waals surface area contributed by atoms with Crippen LogP contribution in [0.25, 0.3) is 5.00 Å². The summed E-state index contributed by atoms with van der Waals surface area (Å²) in [6.45, 7) is 8.15. The number of rotatable bonds is 8. The molecule has 8 nitrogen and oxygen atoms in total. The quantitative estimate of drug-likeness (QED) is 0.474. The number of carbonyl (C=O) groups excluding carboxylic acids is 2. The third kappa shape index (κ3) is 4.96. The number of aromatic nitrogens is 3. The molecule has 1 atom stereocenters. The maximum Gasteiger partial charge on any atom is 0.222 e. The van der Waals surface area contributed by atoms with E-state index >= 15 is 0 Å². The lowest BCUT2D eigenvalue weighted by molar-refractivity contribution is -0.122. The van der Waals surface area contributed by atoms with Gasteiger partial charge in [-0.3, -0.25) is 19.1 Å². The normalized spacial score (nSPS) is 14.7. The number of amides is 1. The Labute approximate surface area is 207 Å². The van der Waals surface area contributed by atoms with E-state index in [1.54, 1.807) is 11.3 Å². The summed E-state index contributed by atoms with van der Waals surface area (Å²) >= 11 is 7.81. The number of carbonyl (C=O) groups is 2. The third-order valence-corrected chi connectivity index (χ3v) is 7.05. The molecule has 0 fully saturated rings. The number of ether oxygens (including phenoxy) is 1. The standard InChI is InChI=1S/C24H26ClN5O3S/c1-13(31)12-33-10-9-26-20(32)11-19-23-29-28-16(4)30(23)24-21(14(2)15(3)34-24)22(27-19)17-5-7-18(25)8-6-17/h5-8,19H,9-12H2,1-4H3,(H,26,32)/t19-/m0/s1. The van der Waals surface area contributed by atoms with Crippen molar-refractivity contribution >= 4 is 40.3 Å². The van der Waals surface area contributed by atoms with Gasteiger partial charge in [-0.1, -0.05) is 23.7 Å². The van der Waals surface area contributed by atoms with Crippen molar-refractivity contribution in [3.8, 4) is 5.00 Å². The van der Waals surface area contributed by atoms with Gasteiger partial charge in [0.1, 0.15) is 23.5 Å². The van der Waals surface area contributed by atoms with Crippen molar-refractivity contribution in [2.45, 2.75) is 40.2 Å². The van der Waals surface area contributed by atoms with Gasteiger partial charge in [-0.05, 0) is 45.4 Å². The van der Waals surface area contributed by atoms with E-state index < -0.39 is 6.04 Å².